The predicted molar refractivity (Wildman–Crippen MR) is 77.9 cm³/mol. The number of hydrogen-bond donors (Lipinski definition) is 3. The van der Waals surface area contributed by atoms with E-state index in [1.165, 1.54) is 30.6 Å². The highest BCUT2D eigenvalue weighted by molar-refractivity contribution is 5.83. The fourth-order valence-corrected chi connectivity index (χ4v) is 3.58. The smallest absolute Gasteiger partial charge is 0.326 e. The van der Waals surface area contributed by atoms with Crippen LogP contribution in [0, 0.1) is 11.8 Å². The van der Waals surface area contributed by atoms with Crippen molar-refractivity contribution in [2.75, 3.05) is 13.1 Å². The zero-order chi connectivity index (χ0) is 15.4. The Balaban J connectivity index is 1.75. The van der Waals surface area contributed by atoms with Gasteiger partial charge < -0.3 is 20.4 Å². The van der Waals surface area contributed by atoms with Gasteiger partial charge in [-0.05, 0) is 24.7 Å². The van der Waals surface area contributed by atoms with Crippen LogP contribution in [0.2, 0.25) is 0 Å². The number of β-amino-alcohol motifs (C(OH)–C–C–N with tert-alkyl or cyclic N) is 1. The Morgan fingerprint density at radius 3 is 2.71 bits per heavy atom. The molecule has 3 N–H and O–H groups in total. The van der Waals surface area contributed by atoms with Crippen molar-refractivity contribution in [1.82, 2.24) is 10.2 Å². The summed E-state index contributed by atoms with van der Waals surface area (Å²) in [6.45, 7) is 2.95. The van der Waals surface area contributed by atoms with Crippen LogP contribution in [0.1, 0.15) is 45.4 Å². The molecule has 6 heteroatoms. The van der Waals surface area contributed by atoms with Crippen LogP contribution in [0.3, 0.4) is 0 Å². The quantitative estimate of drug-likeness (QED) is 0.732. The maximum absolute atomic E-state index is 12.1. The lowest BCUT2D eigenvalue weighted by Gasteiger charge is -2.27. The molecule has 1 aliphatic heterocycles. The van der Waals surface area contributed by atoms with Crippen molar-refractivity contribution in [1.29, 1.82) is 0 Å². The zero-order valence-electron chi connectivity index (χ0n) is 12.6. The van der Waals surface area contributed by atoms with Crippen LogP contribution in [-0.2, 0) is 4.79 Å². The molecule has 0 bridgehead atoms. The third-order valence-corrected chi connectivity index (χ3v) is 4.70. The summed E-state index contributed by atoms with van der Waals surface area (Å²) in [5.41, 5.74) is 0. The molecule has 0 aromatic heterocycles. The molecule has 0 aromatic rings. The molecule has 120 valence electrons. The molecule has 0 spiro atoms. The minimum absolute atomic E-state index is 0.100. The number of carbonyl (C=O) groups is 2. The van der Waals surface area contributed by atoms with Gasteiger partial charge in [-0.2, -0.15) is 0 Å². The summed E-state index contributed by atoms with van der Waals surface area (Å²) in [4.78, 5) is 24.4. The predicted octanol–water partition coefficient (Wildman–Crippen LogP) is 1.43. The molecular formula is C15H26N2O4. The number of carbonyl (C=O) groups excluding carboxylic acids is 1. The minimum atomic E-state index is -1.05. The van der Waals surface area contributed by atoms with Crippen molar-refractivity contribution in [3.8, 4) is 0 Å². The van der Waals surface area contributed by atoms with Crippen molar-refractivity contribution in [2.24, 2.45) is 11.8 Å². The van der Waals surface area contributed by atoms with E-state index in [1.807, 2.05) is 0 Å². The maximum Gasteiger partial charge on any atom is 0.326 e. The number of urea groups is 1. The lowest BCUT2D eigenvalue weighted by molar-refractivity contribution is -0.141. The second kappa shape index (κ2) is 7.11. The first-order valence-electron chi connectivity index (χ1n) is 7.92. The van der Waals surface area contributed by atoms with Gasteiger partial charge in [0.25, 0.3) is 0 Å². The molecule has 2 amide bonds. The number of amides is 2. The number of carboxylic acids is 1. The first-order chi connectivity index (χ1) is 9.97. The molecular weight excluding hydrogens is 272 g/mol. The fraction of sp³-hybridized carbons (Fsp3) is 0.867. The largest absolute Gasteiger partial charge is 0.480 e. The van der Waals surface area contributed by atoms with Gasteiger partial charge in [0.2, 0.25) is 0 Å². The highest BCUT2D eigenvalue weighted by atomic mass is 16.4. The summed E-state index contributed by atoms with van der Waals surface area (Å²) < 4.78 is 0. The molecule has 6 nitrogen and oxygen atoms in total. The monoisotopic (exact) mass is 298 g/mol. The Hall–Kier alpha value is -1.30. The van der Waals surface area contributed by atoms with Gasteiger partial charge in [-0.3, -0.25) is 0 Å². The van der Waals surface area contributed by atoms with Gasteiger partial charge in [0, 0.05) is 19.5 Å². The van der Waals surface area contributed by atoms with E-state index in [0.717, 1.165) is 12.3 Å². The first-order valence-corrected chi connectivity index (χ1v) is 7.92. The van der Waals surface area contributed by atoms with E-state index in [-0.39, 0.29) is 19.0 Å². The summed E-state index contributed by atoms with van der Waals surface area (Å²) in [5, 5.41) is 21.4. The Morgan fingerprint density at radius 2 is 2.05 bits per heavy atom. The minimum Gasteiger partial charge on any atom is -0.480 e. The number of hydrogen-bond acceptors (Lipinski definition) is 3. The topological polar surface area (TPSA) is 89.9 Å². The zero-order valence-corrected chi connectivity index (χ0v) is 12.6. The average molecular weight is 298 g/mol. The molecule has 0 aromatic carbocycles. The Bertz CT molecular complexity index is 388. The van der Waals surface area contributed by atoms with Gasteiger partial charge in [0.1, 0.15) is 6.04 Å². The number of rotatable bonds is 4. The van der Waals surface area contributed by atoms with E-state index in [1.54, 1.807) is 0 Å². The summed E-state index contributed by atoms with van der Waals surface area (Å²) in [6, 6.07) is -1.28. The van der Waals surface area contributed by atoms with Crippen LogP contribution < -0.4 is 5.32 Å². The second-order valence-electron chi connectivity index (χ2n) is 6.55. The van der Waals surface area contributed by atoms with Gasteiger partial charge in [-0.1, -0.05) is 26.2 Å². The third-order valence-electron chi connectivity index (χ3n) is 4.70. The fourth-order valence-electron chi connectivity index (χ4n) is 3.58. The number of carboxylic acid groups (broad SMARTS) is 1. The van der Waals surface area contributed by atoms with Crippen LogP contribution >= 0.6 is 0 Å². The number of aliphatic carboxylic acids is 1. The third kappa shape index (κ3) is 4.33. The van der Waals surface area contributed by atoms with Crippen LogP contribution in [0.15, 0.2) is 0 Å². The van der Waals surface area contributed by atoms with Crippen molar-refractivity contribution in [2.45, 2.75) is 57.6 Å². The van der Waals surface area contributed by atoms with Crippen LogP contribution in [0.5, 0.6) is 0 Å². The number of likely N-dealkylation sites (tertiary alicyclic amines) is 1. The highest BCUT2D eigenvalue weighted by Gasteiger charge is 2.38. The average Bonchev–Trinajstić information content (AvgIpc) is 2.81. The van der Waals surface area contributed by atoms with E-state index in [4.69, 9.17) is 5.11 Å². The van der Waals surface area contributed by atoms with E-state index in [2.05, 4.69) is 12.2 Å². The Kier molecular flexibility index (Phi) is 5.45. The SMILES string of the molecule is CC1CCCC(CCNC(=O)N2C[C@@H](O)C[C@H]2C(=O)O)C1. The second-order valence-corrected chi connectivity index (χ2v) is 6.55. The Morgan fingerprint density at radius 1 is 1.29 bits per heavy atom. The molecule has 21 heavy (non-hydrogen) atoms. The molecule has 1 aliphatic carbocycles. The molecule has 4 atom stereocenters. The lowest BCUT2D eigenvalue weighted by atomic mass is 9.81. The standard InChI is InChI=1S/C15H26N2O4/c1-10-3-2-4-11(7-10)5-6-16-15(21)17-9-12(18)8-13(17)14(19)20/h10-13,18H,2-9H2,1H3,(H,16,21)(H,19,20)/t10?,11?,12-,13-/m0/s1. The van der Waals surface area contributed by atoms with Crippen LogP contribution in [0.25, 0.3) is 0 Å². The van der Waals surface area contributed by atoms with Crippen molar-refractivity contribution in [3.63, 3.8) is 0 Å². The summed E-state index contributed by atoms with van der Waals surface area (Å²) >= 11 is 0. The van der Waals surface area contributed by atoms with Crippen molar-refractivity contribution < 1.29 is 19.8 Å². The van der Waals surface area contributed by atoms with E-state index >= 15 is 0 Å². The van der Waals surface area contributed by atoms with Gasteiger partial charge in [0.05, 0.1) is 6.10 Å². The van der Waals surface area contributed by atoms with E-state index in [9.17, 15) is 14.7 Å². The number of aliphatic hydroxyl groups is 1. The Labute approximate surface area is 125 Å². The molecule has 0 radical (unpaired) electrons. The van der Waals surface area contributed by atoms with E-state index < -0.39 is 18.1 Å². The molecule has 1 heterocycles. The molecule has 1 saturated heterocycles. The molecule has 2 unspecified atom stereocenters. The first kappa shape index (κ1) is 16.1. The van der Waals surface area contributed by atoms with Crippen molar-refractivity contribution in [3.05, 3.63) is 0 Å². The molecule has 2 fully saturated rings. The van der Waals surface area contributed by atoms with Gasteiger partial charge in [-0.25, -0.2) is 9.59 Å². The molecule has 1 saturated carbocycles. The summed E-state index contributed by atoms with van der Waals surface area (Å²) in [5.74, 6) is 0.376. The van der Waals surface area contributed by atoms with Gasteiger partial charge >= 0.3 is 12.0 Å². The lowest BCUT2D eigenvalue weighted by Crippen LogP contribution is -2.46. The van der Waals surface area contributed by atoms with Gasteiger partial charge in [0.15, 0.2) is 0 Å². The van der Waals surface area contributed by atoms with E-state index in [0.29, 0.717) is 12.5 Å². The summed E-state index contributed by atoms with van der Waals surface area (Å²) in [6.07, 6.45) is 5.33. The number of aliphatic hydroxyl groups excluding tert-OH is 1. The maximum atomic E-state index is 12.1. The number of nitrogens with one attached hydrogen (secondary N) is 1. The highest BCUT2D eigenvalue weighted by Crippen LogP contribution is 2.30. The summed E-state index contributed by atoms with van der Waals surface area (Å²) in [7, 11) is 0. The molecule has 2 rings (SSSR count). The van der Waals surface area contributed by atoms with Crippen LogP contribution in [-0.4, -0.2) is 52.3 Å². The van der Waals surface area contributed by atoms with Crippen molar-refractivity contribution >= 4 is 12.0 Å². The van der Waals surface area contributed by atoms with Crippen LogP contribution in [0.4, 0.5) is 4.79 Å². The van der Waals surface area contributed by atoms with Gasteiger partial charge in [-0.15, -0.1) is 0 Å². The number of nitrogens with zero attached hydrogens (tertiary/aromatic N) is 1. The normalized spacial score (nSPS) is 33.0. The molecule has 2 aliphatic rings.